The molecule has 2 aliphatic rings. The second-order valence-corrected chi connectivity index (χ2v) is 8.83. The van der Waals surface area contributed by atoms with Crippen LogP contribution in [0.5, 0.6) is 0 Å². The van der Waals surface area contributed by atoms with E-state index in [1.54, 1.807) is 0 Å². The van der Waals surface area contributed by atoms with Crippen molar-refractivity contribution in [1.29, 1.82) is 0 Å². The van der Waals surface area contributed by atoms with Crippen molar-refractivity contribution in [2.45, 2.75) is 20.3 Å². The molecule has 2 N–H and O–H groups in total. The highest BCUT2D eigenvalue weighted by Crippen LogP contribution is 2.56. The number of hydrogen-bond acceptors (Lipinski definition) is 2. The van der Waals surface area contributed by atoms with Gasteiger partial charge in [0.25, 0.3) is 0 Å². The molecule has 0 bridgehead atoms. The van der Waals surface area contributed by atoms with E-state index in [1.165, 1.54) is 16.5 Å². The predicted molar refractivity (Wildman–Crippen MR) is 129 cm³/mol. The number of aromatic amines is 1. The molecule has 2 aliphatic carbocycles. The molecule has 0 radical (unpaired) electrons. The maximum atomic E-state index is 13.3. The van der Waals surface area contributed by atoms with Gasteiger partial charge in [0, 0.05) is 14.1 Å². The fourth-order valence-corrected chi connectivity index (χ4v) is 4.91. The van der Waals surface area contributed by atoms with Crippen molar-refractivity contribution < 1.29 is 7.65 Å². The molecule has 1 amide bonds. The first-order valence-electron chi connectivity index (χ1n) is 10.7. The molecule has 1 aromatic heterocycles. The van der Waals surface area contributed by atoms with Crippen molar-refractivity contribution in [2.24, 2.45) is 11.3 Å². The Morgan fingerprint density at radius 3 is 2.65 bits per heavy atom. The van der Waals surface area contributed by atoms with Crippen molar-refractivity contribution in [3.8, 4) is 11.4 Å². The Hall–Kier alpha value is -3.66. The van der Waals surface area contributed by atoms with Crippen LogP contribution in [0.2, 0.25) is 0 Å². The Morgan fingerprint density at radius 2 is 1.84 bits per heavy atom. The van der Waals surface area contributed by atoms with Gasteiger partial charge in [0.2, 0.25) is 5.91 Å². The van der Waals surface area contributed by atoms with Crippen molar-refractivity contribution in [1.82, 2.24) is 9.97 Å². The highest BCUT2D eigenvalue weighted by atomic mass is 16.2. The fourth-order valence-electron chi connectivity index (χ4n) is 4.91. The third-order valence-electron chi connectivity index (χ3n) is 6.73. The van der Waals surface area contributed by atoms with Crippen LogP contribution in [-0.4, -0.2) is 15.9 Å². The molecule has 2 atom stereocenters. The van der Waals surface area contributed by atoms with Crippen LogP contribution < -0.4 is 16.0 Å². The largest absolute Gasteiger partial charge is 0.338 e. The molecule has 0 spiro atoms. The number of aryl methyl sites for hydroxylation is 2. The zero-order chi connectivity index (χ0) is 21.2. The van der Waals surface area contributed by atoms with E-state index in [9.17, 15) is 4.79 Å². The number of fused-ring (bicyclic) bond motifs is 3. The predicted octanol–water partition coefficient (Wildman–Crippen LogP) is 4.56. The monoisotopic (exact) mass is 409 g/mol. The number of benzene rings is 3. The SMILES string of the molecule is Cc1cccc(C)c1-c1nc2c([nH]1)=CC1(C(=O)Nc3ccc4ccccc4c3)CC1C=2.[HH].[HH]. The summed E-state index contributed by atoms with van der Waals surface area (Å²) in [6.45, 7) is 4.21. The number of nitrogens with one attached hydrogen (secondary N) is 2. The number of anilines is 1. The summed E-state index contributed by atoms with van der Waals surface area (Å²) in [6.07, 6.45) is 5.08. The van der Waals surface area contributed by atoms with Gasteiger partial charge in [-0.25, -0.2) is 4.98 Å². The van der Waals surface area contributed by atoms with E-state index < -0.39 is 5.41 Å². The van der Waals surface area contributed by atoms with Gasteiger partial charge in [0.05, 0.1) is 16.1 Å². The molecule has 1 saturated carbocycles. The van der Waals surface area contributed by atoms with Gasteiger partial charge in [-0.2, -0.15) is 0 Å². The Kier molecular flexibility index (Phi) is 3.75. The molecule has 0 saturated heterocycles. The summed E-state index contributed by atoms with van der Waals surface area (Å²) in [7, 11) is 0. The molecule has 0 aliphatic heterocycles. The number of hydrogen-bond donors (Lipinski definition) is 2. The van der Waals surface area contributed by atoms with Crippen molar-refractivity contribution in [3.05, 3.63) is 82.5 Å². The lowest BCUT2D eigenvalue weighted by Crippen LogP contribution is -2.34. The molecule has 4 nitrogen and oxygen atoms in total. The van der Waals surface area contributed by atoms with Crippen LogP contribution in [0, 0.1) is 25.2 Å². The van der Waals surface area contributed by atoms with E-state index in [2.05, 4.69) is 66.6 Å². The Bertz CT molecular complexity index is 1490. The maximum absolute atomic E-state index is 13.3. The lowest BCUT2D eigenvalue weighted by molar-refractivity contribution is -0.119. The summed E-state index contributed by atoms with van der Waals surface area (Å²) in [6, 6.07) is 20.5. The number of carbonyl (C=O) groups excluding carboxylic acids is 1. The molecule has 31 heavy (non-hydrogen) atoms. The smallest absolute Gasteiger partial charge is 0.235 e. The highest BCUT2D eigenvalue weighted by Gasteiger charge is 2.58. The average Bonchev–Trinajstić information content (AvgIpc) is 3.34. The third kappa shape index (κ3) is 2.82. The number of amides is 1. The summed E-state index contributed by atoms with van der Waals surface area (Å²) in [5, 5.41) is 7.34. The van der Waals surface area contributed by atoms with Gasteiger partial charge in [-0.3, -0.25) is 4.79 Å². The fraction of sp³-hybridized carbons (Fsp3) is 0.185. The molecule has 4 aromatic rings. The summed E-state index contributed by atoms with van der Waals surface area (Å²) in [4.78, 5) is 21.6. The van der Waals surface area contributed by atoms with Gasteiger partial charge in [0.15, 0.2) is 0 Å². The van der Waals surface area contributed by atoms with Crippen LogP contribution >= 0.6 is 0 Å². The van der Waals surface area contributed by atoms with E-state index in [-0.39, 0.29) is 14.7 Å². The molecule has 1 heterocycles. The first kappa shape index (κ1) is 18.1. The van der Waals surface area contributed by atoms with Crippen LogP contribution in [-0.2, 0) is 4.79 Å². The quantitative estimate of drug-likeness (QED) is 0.521. The minimum atomic E-state index is -0.483. The van der Waals surface area contributed by atoms with Gasteiger partial charge in [0.1, 0.15) is 5.82 Å². The molecule has 2 unspecified atom stereocenters. The van der Waals surface area contributed by atoms with Crippen LogP contribution in [0.15, 0.2) is 60.7 Å². The lowest BCUT2D eigenvalue weighted by atomic mass is 9.98. The van der Waals surface area contributed by atoms with Crippen LogP contribution in [0.3, 0.4) is 0 Å². The first-order chi connectivity index (χ1) is 15.0. The highest BCUT2D eigenvalue weighted by molar-refractivity contribution is 6.04. The van der Waals surface area contributed by atoms with E-state index in [0.29, 0.717) is 0 Å². The first-order valence-corrected chi connectivity index (χ1v) is 10.7. The third-order valence-corrected chi connectivity index (χ3v) is 6.73. The second kappa shape index (κ2) is 6.42. The van der Waals surface area contributed by atoms with E-state index in [0.717, 1.165) is 39.6 Å². The number of H-pyrrole nitrogens is 1. The Morgan fingerprint density at radius 1 is 1.06 bits per heavy atom. The number of rotatable bonds is 3. The molecular weight excluding hydrogens is 382 g/mol. The average molecular weight is 410 g/mol. The number of carbonyl (C=O) groups is 1. The van der Waals surface area contributed by atoms with Crippen molar-refractivity contribution in [2.75, 3.05) is 5.32 Å². The number of aromatic nitrogens is 2. The van der Waals surface area contributed by atoms with Crippen molar-refractivity contribution in [3.63, 3.8) is 0 Å². The Balaban J connectivity index is 0.00000130. The molecule has 4 heteroatoms. The number of imidazole rings is 1. The van der Waals surface area contributed by atoms with Gasteiger partial charge >= 0.3 is 0 Å². The van der Waals surface area contributed by atoms with Crippen molar-refractivity contribution >= 4 is 34.5 Å². The van der Waals surface area contributed by atoms with Gasteiger partial charge in [-0.1, -0.05) is 54.6 Å². The standard InChI is InChI=1S/C27H23N3O.2H2/c1-16-6-5-7-17(2)24(16)25-29-22-13-20-14-27(20,15-23(22)30-25)26(31)28-21-11-10-18-8-3-4-9-19(18)12-21;;/h3-13,15,20H,14H2,1-2H3,(H,28,31)(H,29,30);2*1H. The van der Waals surface area contributed by atoms with E-state index >= 15 is 0 Å². The zero-order valence-electron chi connectivity index (χ0n) is 17.6. The van der Waals surface area contributed by atoms with Gasteiger partial charge in [-0.05, 0) is 66.3 Å². The van der Waals surface area contributed by atoms with Crippen LogP contribution in [0.4, 0.5) is 5.69 Å². The normalized spacial score (nSPS) is 20.9. The number of nitrogens with zero attached hydrogens (tertiary/aromatic N) is 1. The molecule has 6 rings (SSSR count). The van der Waals surface area contributed by atoms with Gasteiger partial charge in [-0.15, -0.1) is 0 Å². The van der Waals surface area contributed by atoms with Crippen LogP contribution in [0.1, 0.15) is 20.4 Å². The van der Waals surface area contributed by atoms with Gasteiger partial charge < -0.3 is 10.3 Å². The molecule has 1 fully saturated rings. The second-order valence-electron chi connectivity index (χ2n) is 8.83. The summed E-state index contributed by atoms with van der Waals surface area (Å²) < 4.78 is 0. The molecular formula is C27H27N3O. The summed E-state index contributed by atoms with van der Waals surface area (Å²) in [5.41, 5.74) is 3.88. The minimum absolute atomic E-state index is 0. The topological polar surface area (TPSA) is 57.8 Å². The zero-order valence-corrected chi connectivity index (χ0v) is 17.6. The lowest BCUT2D eigenvalue weighted by Gasteiger charge is -2.14. The summed E-state index contributed by atoms with van der Waals surface area (Å²) in [5.74, 6) is 1.13. The molecule has 3 aromatic carbocycles. The van der Waals surface area contributed by atoms with Crippen LogP contribution in [0.25, 0.3) is 34.3 Å². The summed E-state index contributed by atoms with van der Waals surface area (Å²) >= 11 is 0. The minimum Gasteiger partial charge on any atom is -0.338 e. The maximum Gasteiger partial charge on any atom is 0.235 e. The van der Waals surface area contributed by atoms with E-state index in [1.807, 2.05) is 30.3 Å². The Labute approximate surface area is 183 Å². The van der Waals surface area contributed by atoms with E-state index in [4.69, 9.17) is 4.98 Å². The molecule has 156 valence electrons.